The molecular weight excluding hydrogens is 471 g/mol. The van der Waals surface area contributed by atoms with Crippen LogP contribution in [0.2, 0.25) is 0 Å². The van der Waals surface area contributed by atoms with Crippen LogP contribution < -0.4 is 16.0 Å². The first kappa shape index (κ1) is 23.9. The lowest BCUT2D eigenvalue weighted by atomic mass is 10.00. The van der Waals surface area contributed by atoms with Crippen LogP contribution in [-0.4, -0.2) is 39.8 Å². The summed E-state index contributed by atoms with van der Waals surface area (Å²) in [6.45, 7) is 6.62. The molecule has 1 aromatic heterocycles. The maximum absolute atomic E-state index is 11.2. The predicted molar refractivity (Wildman–Crippen MR) is 122 cm³/mol. The second-order valence-corrected chi connectivity index (χ2v) is 6.61. The van der Waals surface area contributed by atoms with Gasteiger partial charge in [-0.2, -0.15) is 5.10 Å². The molecule has 1 atom stereocenters. The van der Waals surface area contributed by atoms with Crippen LogP contribution in [0.25, 0.3) is 0 Å². The minimum Gasteiger partial charge on any atom is -0.383 e. The molecule has 1 aromatic carbocycles. The van der Waals surface area contributed by atoms with Gasteiger partial charge in [0.1, 0.15) is 5.60 Å². The molecule has 0 bridgehead atoms. The van der Waals surface area contributed by atoms with E-state index in [1.807, 2.05) is 38.2 Å². The summed E-state index contributed by atoms with van der Waals surface area (Å²) in [6, 6.07) is 7.55. The Balaban J connectivity index is 0.00000392. The van der Waals surface area contributed by atoms with Gasteiger partial charge in [0.2, 0.25) is 5.91 Å². The number of rotatable bonds is 7. The molecule has 0 fully saturated rings. The SMILES string of the molecule is CCNC(=NCc1cccc(NC(C)=O)c1)NCC(C)(O)c1cnn(C)c1.I. The smallest absolute Gasteiger partial charge is 0.221 e. The molecule has 1 amide bonds. The second-order valence-electron chi connectivity index (χ2n) is 6.61. The van der Waals surface area contributed by atoms with Gasteiger partial charge in [-0.1, -0.05) is 12.1 Å². The highest BCUT2D eigenvalue weighted by Crippen LogP contribution is 2.18. The van der Waals surface area contributed by atoms with E-state index >= 15 is 0 Å². The number of nitrogens with zero attached hydrogens (tertiary/aromatic N) is 3. The van der Waals surface area contributed by atoms with Crippen molar-refractivity contribution in [2.75, 3.05) is 18.4 Å². The lowest BCUT2D eigenvalue weighted by molar-refractivity contribution is -0.114. The number of hydrogen-bond donors (Lipinski definition) is 4. The van der Waals surface area contributed by atoms with Crippen molar-refractivity contribution in [1.29, 1.82) is 0 Å². The van der Waals surface area contributed by atoms with E-state index in [2.05, 4.69) is 26.0 Å². The summed E-state index contributed by atoms with van der Waals surface area (Å²) in [5.74, 6) is 0.495. The minimum atomic E-state index is -1.07. The average Bonchev–Trinajstić information content (AvgIpc) is 3.04. The number of carbonyl (C=O) groups excluding carboxylic acids is 1. The van der Waals surface area contributed by atoms with E-state index in [0.717, 1.165) is 16.8 Å². The standard InChI is InChI=1S/C19H28N6O2.HI/c1-5-20-18(22-13-19(3,27)16-11-23-25(4)12-16)21-10-15-7-6-8-17(9-15)24-14(2)26;/h6-9,11-12,27H,5,10,13H2,1-4H3,(H,24,26)(H2,20,21,22);1H. The van der Waals surface area contributed by atoms with Gasteiger partial charge in [-0.05, 0) is 31.5 Å². The summed E-state index contributed by atoms with van der Waals surface area (Å²) in [4.78, 5) is 15.7. The Morgan fingerprint density at radius 2 is 2.11 bits per heavy atom. The van der Waals surface area contributed by atoms with E-state index in [9.17, 15) is 9.90 Å². The molecule has 0 aliphatic carbocycles. The number of guanidine groups is 1. The fraction of sp³-hybridized carbons (Fsp3) is 0.421. The van der Waals surface area contributed by atoms with Crippen LogP contribution in [0, 0.1) is 0 Å². The minimum absolute atomic E-state index is 0. The number of amides is 1. The molecule has 0 aliphatic heterocycles. The van der Waals surface area contributed by atoms with Gasteiger partial charge in [0, 0.05) is 38.0 Å². The zero-order chi connectivity index (χ0) is 19.9. The van der Waals surface area contributed by atoms with Crippen molar-refractivity contribution in [1.82, 2.24) is 20.4 Å². The number of anilines is 1. The van der Waals surface area contributed by atoms with Crippen LogP contribution in [0.3, 0.4) is 0 Å². The van der Waals surface area contributed by atoms with E-state index in [0.29, 0.717) is 19.0 Å². The molecule has 2 rings (SSSR count). The van der Waals surface area contributed by atoms with Gasteiger partial charge in [-0.25, -0.2) is 4.99 Å². The largest absolute Gasteiger partial charge is 0.383 e. The van der Waals surface area contributed by atoms with Gasteiger partial charge < -0.3 is 21.1 Å². The molecule has 0 saturated heterocycles. The number of aromatic nitrogens is 2. The molecule has 0 radical (unpaired) electrons. The quantitative estimate of drug-likeness (QED) is 0.265. The van der Waals surface area contributed by atoms with E-state index < -0.39 is 5.60 Å². The highest BCUT2D eigenvalue weighted by Gasteiger charge is 2.24. The predicted octanol–water partition coefficient (Wildman–Crippen LogP) is 1.96. The number of carbonyl (C=O) groups is 1. The normalized spacial score (nSPS) is 13.2. The Labute approximate surface area is 182 Å². The molecule has 154 valence electrons. The summed E-state index contributed by atoms with van der Waals surface area (Å²) in [7, 11) is 1.81. The van der Waals surface area contributed by atoms with Crippen molar-refractivity contribution < 1.29 is 9.90 Å². The summed E-state index contributed by atoms with van der Waals surface area (Å²) in [5, 5.41) is 23.9. The first-order valence-electron chi connectivity index (χ1n) is 8.90. The second kappa shape index (κ2) is 11.0. The number of nitrogens with one attached hydrogen (secondary N) is 3. The van der Waals surface area contributed by atoms with Crippen molar-refractivity contribution in [3.63, 3.8) is 0 Å². The zero-order valence-electron chi connectivity index (χ0n) is 16.7. The maximum Gasteiger partial charge on any atom is 0.221 e. The van der Waals surface area contributed by atoms with Crippen molar-refractivity contribution >= 4 is 41.5 Å². The summed E-state index contributed by atoms with van der Waals surface area (Å²) in [6.07, 6.45) is 3.44. The van der Waals surface area contributed by atoms with Crippen LogP contribution >= 0.6 is 24.0 Å². The fourth-order valence-electron chi connectivity index (χ4n) is 2.52. The Morgan fingerprint density at radius 3 is 2.71 bits per heavy atom. The number of aliphatic hydroxyl groups is 1. The molecule has 1 unspecified atom stereocenters. The third kappa shape index (κ3) is 7.47. The molecule has 0 saturated carbocycles. The summed E-state index contributed by atoms with van der Waals surface area (Å²) < 4.78 is 1.66. The van der Waals surface area contributed by atoms with Crippen molar-refractivity contribution in [2.45, 2.75) is 32.9 Å². The number of aliphatic imine (C=N–C) groups is 1. The molecule has 0 aliphatic rings. The molecule has 8 nitrogen and oxygen atoms in total. The third-order valence-electron chi connectivity index (χ3n) is 3.94. The van der Waals surface area contributed by atoms with Gasteiger partial charge in [-0.15, -0.1) is 24.0 Å². The van der Waals surface area contributed by atoms with Crippen molar-refractivity contribution in [3.8, 4) is 0 Å². The van der Waals surface area contributed by atoms with Gasteiger partial charge in [-0.3, -0.25) is 9.48 Å². The molecule has 9 heteroatoms. The third-order valence-corrected chi connectivity index (χ3v) is 3.94. The maximum atomic E-state index is 11.2. The molecular formula is C19H29IN6O2. The van der Waals surface area contributed by atoms with E-state index in [-0.39, 0.29) is 36.4 Å². The topological polar surface area (TPSA) is 104 Å². The van der Waals surface area contributed by atoms with Crippen molar-refractivity contribution in [3.05, 3.63) is 47.8 Å². The van der Waals surface area contributed by atoms with E-state index in [1.165, 1.54) is 6.92 Å². The van der Waals surface area contributed by atoms with Crippen LogP contribution in [0.1, 0.15) is 31.9 Å². The summed E-state index contributed by atoms with van der Waals surface area (Å²) in [5.41, 5.74) is 1.37. The van der Waals surface area contributed by atoms with E-state index in [1.54, 1.807) is 24.0 Å². The Morgan fingerprint density at radius 1 is 1.36 bits per heavy atom. The van der Waals surface area contributed by atoms with Crippen LogP contribution in [0.15, 0.2) is 41.7 Å². The zero-order valence-corrected chi connectivity index (χ0v) is 19.0. The summed E-state index contributed by atoms with van der Waals surface area (Å²) >= 11 is 0. The van der Waals surface area contributed by atoms with E-state index in [4.69, 9.17) is 0 Å². The number of hydrogen-bond acceptors (Lipinski definition) is 4. The molecule has 4 N–H and O–H groups in total. The average molecular weight is 500 g/mol. The monoisotopic (exact) mass is 500 g/mol. The lowest BCUT2D eigenvalue weighted by Gasteiger charge is -2.23. The highest BCUT2D eigenvalue weighted by atomic mass is 127. The van der Waals surface area contributed by atoms with Crippen LogP contribution in [-0.2, 0) is 24.0 Å². The van der Waals surface area contributed by atoms with Gasteiger partial charge in [0.05, 0.1) is 19.3 Å². The fourth-order valence-corrected chi connectivity index (χ4v) is 2.52. The first-order valence-corrected chi connectivity index (χ1v) is 8.90. The number of halogens is 1. The Kier molecular flexibility index (Phi) is 9.39. The number of aryl methyl sites for hydroxylation is 1. The highest BCUT2D eigenvalue weighted by molar-refractivity contribution is 14.0. The van der Waals surface area contributed by atoms with Crippen LogP contribution in [0.4, 0.5) is 5.69 Å². The lowest BCUT2D eigenvalue weighted by Crippen LogP contribution is -2.44. The molecule has 2 aromatic rings. The van der Waals surface area contributed by atoms with Gasteiger partial charge in [0.15, 0.2) is 5.96 Å². The Hall–Kier alpha value is -2.14. The van der Waals surface area contributed by atoms with Crippen molar-refractivity contribution in [2.24, 2.45) is 12.0 Å². The van der Waals surface area contributed by atoms with Crippen LogP contribution in [0.5, 0.6) is 0 Å². The molecule has 28 heavy (non-hydrogen) atoms. The number of benzene rings is 1. The first-order chi connectivity index (χ1) is 12.8. The Bertz CT molecular complexity index is 803. The van der Waals surface area contributed by atoms with Gasteiger partial charge in [0.25, 0.3) is 0 Å². The molecule has 1 heterocycles. The van der Waals surface area contributed by atoms with Gasteiger partial charge >= 0.3 is 0 Å². The molecule has 0 spiro atoms.